The highest BCUT2D eigenvalue weighted by molar-refractivity contribution is 7.89. The molecule has 0 bridgehead atoms. The molecule has 5 rings (SSSR count). The molecule has 0 spiro atoms. The smallest absolute Gasteiger partial charge is 0.251 e. The average molecular weight is 428 g/mol. The van der Waals surface area contributed by atoms with E-state index in [0.29, 0.717) is 44.8 Å². The Morgan fingerprint density at radius 1 is 0.967 bits per heavy atom. The van der Waals surface area contributed by atoms with Crippen LogP contribution in [0.4, 0.5) is 10.1 Å². The molecule has 1 fully saturated rings. The van der Waals surface area contributed by atoms with Crippen LogP contribution in [-0.4, -0.2) is 43.5 Å². The lowest BCUT2D eigenvalue weighted by Crippen LogP contribution is -2.48. The van der Waals surface area contributed by atoms with Crippen LogP contribution >= 0.6 is 0 Å². The lowest BCUT2D eigenvalue weighted by atomic mass is 10.1. The predicted octanol–water partition coefficient (Wildman–Crippen LogP) is 2.52. The van der Waals surface area contributed by atoms with Crippen molar-refractivity contribution in [2.75, 3.05) is 31.1 Å². The van der Waals surface area contributed by atoms with Gasteiger partial charge in [0, 0.05) is 44.2 Å². The summed E-state index contributed by atoms with van der Waals surface area (Å²) >= 11 is 0. The summed E-state index contributed by atoms with van der Waals surface area (Å²) in [6.07, 6.45) is 0.652. The molecule has 2 aromatic carbocycles. The van der Waals surface area contributed by atoms with Gasteiger partial charge in [-0.05, 0) is 48.7 Å². The maximum absolute atomic E-state index is 14.1. The monoisotopic (exact) mass is 427 g/mol. The topological polar surface area (TPSA) is 62.6 Å². The van der Waals surface area contributed by atoms with Crippen molar-refractivity contribution in [3.05, 3.63) is 69.8 Å². The molecule has 1 aromatic heterocycles. The van der Waals surface area contributed by atoms with E-state index in [9.17, 15) is 17.6 Å². The molecular formula is C22H22FN3O3S. The summed E-state index contributed by atoms with van der Waals surface area (Å²) in [6, 6.07) is 11.5. The fraction of sp³-hybridized carbons (Fsp3) is 0.318. The van der Waals surface area contributed by atoms with Gasteiger partial charge in [-0.25, -0.2) is 12.8 Å². The second kappa shape index (κ2) is 6.92. The van der Waals surface area contributed by atoms with Gasteiger partial charge >= 0.3 is 0 Å². The predicted molar refractivity (Wildman–Crippen MR) is 114 cm³/mol. The Morgan fingerprint density at radius 2 is 1.70 bits per heavy atom. The van der Waals surface area contributed by atoms with Crippen molar-refractivity contribution in [3.8, 4) is 0 Å². The summed E-state index contributed by atoms with van der Waals surface area (Å²) in [5, 5.41) is 0.813. The molecule has 3 aromatic rings. The van der Waals surface area contributed by atoms with Gasteiger partial charge in [0.25, 0.3) is 5.56 Å². The first-order valence-corrected chi connectivity index (χ1v) is 11.5. The molecule has 6 nitrogen and oxygen atoms in total. The van der Waals surface area contributed by atoms with Gasteiger partial charge in [-0.2, -0.15) is 4.31 Å². The highest BCUT2D eigenvalue weighted by Gasteiger charge is 2.31. The third-order valence-electron chi connectivity index (χ3n) is 6.14. The molecule has 1 saturated heterocycles. The Bertz CT molecular complexity index is 1330. The summed E-state index contributed by atoms with van der Waals surface area (Å²) in [4.78, 5) is 14.4. The summed E-state index contributed by atoms with van der Waals surface area (Å²) < 4.78 is 44.0. The van der Waals surface area contributed by atoms with Crippen LogP contribution in [0.25, 0.3) is 10.9 Å². The molecule has 0 unspecified atom stereocenters. The summed E-state index contributed by atoms with van der Waals surface area (Å²) in [7, 11) is -3.68. The number of sulfonamides is 1. The maximum atomic E-state index is 14.1. The van der Waals surface area contributed by atoms with Gasteiger partial charge in [-0.1, -0.05) is 12.1 Å². The molecule has 30 heavy (non-hydrogen) atoms. The third-order valence-corrected chi connectivity index (χ3v) is 8.01. The van der Waals surface area contributed by atoms with Gasteiger partial charge < -0.3 is 9.47 Å². The fourth-order valence-corrected chi connectivity index (χ4v) is 6.06. The fourth-order valence-electron chi connectivity index (χ4n) is 4.56. The van der Waals surface area contributed by atoms with Crippen LogP contribution in [0.1, 0.15) is 11.1 Å². The van der Waals surface area contributed by atoms with Gasteiger partial charge in [-0.15, -0.1) is 0 Å². The van der Waals surface area contributed by atoms with Crippen LogP contribution in [0.5, 0.6) is 0 Å². The standard InChI is InChI=1S/C22H22FN3O3S/c1-15-12-21(27)26-7-6-16-13-17(14-18(15)22(16)26)30(28,29)25-10-8-24(9-11-25)20-5-3-2-4-19(20)23/h2-5,12-14H,6-11H2,1H3. The average Bonchev–Trinajstić information content (AvgIpc) is 3.17. The van der Waals surface area contributed by atoms with Crippen molar-refractivity contribution in [2.45, 2.75) is 24.8 Å². The zero-order chi connectivity index (χ0) is 21.0. The Labute approximate surface area is 174 Å². The van der Waals surface area contributed by atoms with Gasteiger partial charge in [0.05, 0.1) is 16.1 Å². The van der Waals surface area contributed by atoms with E-state index >= 15 is 0 Å². The number of piperazine rings is 1. The minimum Gasteiger partial charge on any atom is -0.367 e. The zero-order valence-corrected chi connectivity index (χ0v) is 17.5. The normalized spacial score (nSPS) is 17.1. The number of hydrogen-bond acceptors (Lipinski definition) is 4. The summed E-state index contributed by atoms with van der Waals surface area (Å²) in [5.41, 5.74) is 3.00. The third kappa shape index (κ3) is 2.94. The number of hydrogen-bond donors (Lipinski definition) is 0. The quantitative estimate of drug-likeness (QED) is 0.645. The van der Waals surface area contributed by atoms with Gasteiger partial charge in [-0.3, -0.25) is 4.79 Å². The van der Waals surface area contributed by atoms with Crippen LogP contribution < -0.4 is 10.5 Å². The van der Waals surface area contributed by atoms with E-state index in [1.807, 2.05) is 11.8 Å². The van der Waals surface area contributed by atoms with E-state index in [4.69, 9.17) is 0 Å². The first-order valence-electron chi connectivity index (χ1n) is 10.0. The Kier molecular flexibility index (Phi) is 4.44. The first kappa shape index (κ1) is 19.3. The minimum atomic E-state index is -3.68. The van der Waals surface area contributed by atoms with E-state index in [1.54, 1.807) is 41.0 Å². The van der Waals surface area contributed by atoms with Crippen molar-refractivity contribution in [1.82, 2.24) is 8.87 Å². The molecule has 0 saturated carbocycles. The Hall–Kier alpha value is -2.71. The van der Waals surface area contributed by atoms with Crippen LogP contribution in [0.15, 0.2) is 52.2 Å². The lowest BCUT2D eigenvalue weighted by Gasteiger charge is -2.35. The van der Waals surface area contributed by atoms with Crippen LogP contribution in [0.2, 0.25) is 0 Å². The van der Waals surface area contributed by atoms with Crippen molar-refractivity contribution >= 4 is 26.6 Å². The maximum Gasteiger partial charge on any atom is 0.251 e. The van der Waals surface area contributed by atoms with Crippen molar-refractivity contribution in [1.29, 1.82) is 0 Å². The number of nitrogens with zero attached hydrogens (tertiary/aromatic N) is 3. The second-order valence-corrected chi connectivity index (χ2v) is 9.83. The molecular weight excluding hydrogens is 405 g/mol. The minimum absolute atomic E-state index is 0.0429. The van der Waals surface area contributed by atoms with Crippen molar-refractivity contribution < 1.29 is 12.8 Å². The number of para-hydroxylation sites is 1. The lowest BCUT2D eigenvalue weighted by molar-refractivity contribution is 0.383. The van der Waals surface area contributed by atoms with Gasteiger partial charge in [0.2, 0.25) is 10.0 Å². The molecule has 0 atom stereocenters. The van der Waals surface area contributed by atoms with Crippen molar-refractivity contribution in [2.24, 2.45) is 0 Å². The largest absolute Gasteiger partial charge is 0.367 e. The van der Waals surface area contributed by atoms with Crippen LogP contribution in [0, 0.1) is 12.7 Å². The second-order valence-electron chi connectivity index (χ2n) is 7.89. The highest BCUT2D eigenvalue weighted by Crippen LogP contribution is 2.31. The molecule has 3 heterocycles. The molecule has 0 amide bonds. The number of aryl methyl sites for hydroxylation is 3. The van der Waals surface area contributed by atoms with Crippen LogP contribution in [0.3, 0.4) is 0 Å². The van der Waals surface area contributed by atoms with E-state index in [-0.39, 0.29) is 16.3 Å². The van der Waals surface area contributed by atoms with E-state index < -0.39 is 10.0 Å². The molecule has 2 aliphatic rings. The SMILES string of the molecule is Cc1cc(=O)n2c3c(cc(S(=O)(=O)N4CCN(c5ccccc5F)CC4)cc13)CC2. The highest BCUT2D eigenvalue weighted by atomic mass is 32.2. The number of benzene rings is 2. The van der Waals surface area contributed by atoms with E-state index in [1.165, 1.54) is 10.4 Å². The van der Waals surface area contributed by atoms with Gasteiger partial charge in [0.1, 0.15) is 5.82 Å². The number of pyridine rings is 1. The van der Waals surface area contributed by atoms with E-state index in [0.717, 1.165) is 22.0 Å². The Morgan fingerprint density at radius 3 is 2.43 bits per heavy atom. The molecule has 0 radical (unpaired) electrons. The number of aromatic nitrogens is 1. The molecule has 0 aliphatic carbocycles. The number of halogens is 1. The molecule has 156 valence electrons. The summed E-state index contributed by atoms with van der Waals surface area (Å²) in [6.45, 7) is 3.87. The van der Waals surface area contributed by atoms with E-state index in [2.05, 4.69) is 0 Å². The van der Waals surface area contributed by atoms with Gasteiger partial charge in [0.15, 0.2) is 0 Å². The zero-order valence-electron chi connectivity index (χ0n) is 16.6. The van der Waals surface area contributed by atoms with Crippen molar-refractivity contribution in [3.63, 3.8) is 0 Å². The summed E-state index contributed by atoms with van der Waals surface area (Å²) in [5.74, 6) is -0.298. The Balaban J connectivity index is 1.46. The van der Waals surface area contributed by atoms with Crippen LogP contribution in [-0.2, 0) is 23.0 Å². The molecule has 8 heteroatoms. The molecule has 2 aliphatic heterocycles. The molecule has 0 N–H and O–H groups in total. The number of rotatable bonds is 3. The first-order chi connectivity index (χ1) is 14.4. The number of anilines is 1.